The molecule has 2 rings (SSSR count). The van der Waals surface area contributed by atoms with Crippen LogP contribution in [0.1, 0.15) is 22.4 Å². The number of hydrogen-bond donors (Lipinski definition) is 1. The monoisotopic (exact) mass is 250 g/mol. The molecule has 0 saturated carbocycles. The smallest absolute Gasteiger partial charge is 0.273 e. The molecule has 0 saturated heterocycles. The van der Waals surface area contributed by atoms with Gasteiger partial charge in [-0.3, -0.25) is 9.48 Å². The summed E-state index contributed by atoms with van der Waals surface area (Å²) in [7, 11) is 3.26. The summed E-state index contributed by atoms with van der Waals surface area (Å²) in [5.74, 6) is 0.369. The highest BCUT2D eigenvalue weighted by atomic mass is 16.5. The van der Waals surface area contributed by atoms with Gasteiger partial charge in [0.1, 0.15) is 11.9 Å². The first-order valence-electron chi connectivity index (χ1n) is 5.41. The van der Waals surface area contributed by atoms with Gasteiger partial charge in [-0.25, -0.2) is 0 Å². The number of aromatic nitrogens is 3. The van der Waals surface area contributed by atoms with Gasteiger partial charge in [0.15, 0.2) is 5.69 Å². The minimum Gasteiger partial charge on any atom is -0.467 e. The highest BCUT2D eigenvalue weighted by Gasteiger charge is 2.16. The Bertz CT molecular complexity index is 506. The van der Waals surface area contributed by atoms with Crippen LogP contribution in [0.15, 0.2) is 29.0 Å². The maximum Gasteiger partial charge on any atom is 0.273 e. The van der Waals surface area contributed by atoms with Crippen molar-refractivity contribution in [3.63, 3.8) is 0 Å². The summed E-state index contributed by atoms with van der Waals surface area (Å²) in [5.41, 5.74) is 0.270. The highest BCUT2D eigenvalue weighted by Crippen LogP contribution is 2.15. The number of nitrogens with one attached hydrogen (secondary N) is 1. The Morgan fingerprint density at radius 1 is 1.67 bits per heavy atom. The van der Waals surface area contributed by atoms with Crippen LogP contribution < -0.4 is 5.32 Å². The Labute approximate surface area is 104 Å². The summed E-state index contributed by atoms with van der Waals surface area (Å²) >= 11 is 0. The number of methoxy groups -OCH3 is 1. The largest absolute Gasteiger partial charge is 0.467 e. The number of carbonyl (C=O) groups is 1. The second-order valence-corrected chi connectivity index (χ2v) is 3.73. The molecule has 0 aliphatic rings. The van der Waals surface area contributed by atoms with E-state index in [0.29, 0.717) is 12.3 Å². The lowest BCUT2D eigenvalue weighted by molar-refractivity contribution is 0.0736. The van der Waals surface area contributed by atoms with Crippen LogP contribution in [-0.2, 0) is 11.8 Å². The van der Waals surface area contributed by atoms with Crippen LogP contribution >= 0.6 is 0 Å². The van der Waals surface area contributed by atoms with E-state index in [2.05, 4.69) is 15.6 Å². The minimum absolute atomic E-state index is 0.270. The predicted molar refractivity (Wildman–Crippen MR) is 61.8 cm³/mol. The van der Waals surface area contributed by atoms with Crippen LogP contribution in [0.3, 0.4) is 0 Å². The molecule has 18 heavy (non-hydrogen) atoms. The Balaban J connectivity index is 1.92. The molecular formula is C11H14N4O3. The summed E-state index contributed by atoms with van der Waals surface area (Å²) in [5, 5.41) is 10.1. The first-order chi connectivity index (χ1) is 8.70. The molecule has 0 bridgehead atoms. The van der Waals surface area contributed by atoms with Gasteiger partial charge in [-0.05, 0) is 12.1 Å². The van der Waals surface area contributed by atoms with Gasteiger partial charge in [0.25, 0.3) is 5.91 Å². The molecule has 0 fully saturated rings. The minimum atomic E-state index is -0.319. The summed E-state index contributed by atoms with van der Waals surface area (Å²) in [6, 6.07) is 3.56. The predicted octanol–water partition coefficient (Wildman–Crippen LogP) is 0.526. The van der Waals surface area contributed by atoms with E-state index in [9.17, 15) is 4.79 Å². The first-order valence-corrected chi connectivity index (χ1v) is 5.41. The molecule has 0 spiro atoms. The van der Waals surface area contributed by atoms with Crippen molar-refractivity contribution in [1.29, 1.82) is 0 Å². The third-order valence-corrected chi connectivity index (χ3v) is 2.43. The lowest BCUT2D eigenvalue weighted by Gasteiger charge is -2.12. The summed E-state index contributed by atoms with van der Waals surface area (Å²) in [4.78, 5) is 11.7. The molecule has 2 heterocycles. The number of hydrogen-bond acceptors (Lipinski definition) is 5. The van der Waals surface area contributed by atoms with Gasteiger partial charge in [-0.1, -0.05) is 5.21 Å². The molecular weight excluding hydrogens is 236 g/mol. The fourth-order valence-corrected chi connectivity index (χ4v) is 1.50. The molecule has 0 aliphatic carbocycles. The number of aryl methyl sites for hydroxylation is 1. The molecule has 7 nitrogen and oxygen atoms in total. The Morgan fingerprint density at radius 3 is 3.06 bits per heavy atom. The average molecular weight is 250 g/mol. The standard InChI is InChI=1S/C11H14N4O3/c1-15-7-8(13-14-15)11(16)12-6-10(17-2)9-4-3-5-18-9/h3-5,7,10H,6H2,1-2H3,(H,12,16)/t10-/m1/s1. The second-order valence-electron chi connectivity index (χ2n) is 3.73. The van der Waals surface area contributed by atoms with Gasteiger partial charge in [0.2, 0.25) is 0 Å². The van der Waals surface area contributed by atoms with Gasteiger partial charge in [0, 0.05) is 14.2 Å². The van der Waals surface area contributed by atoms with E-state index in [-0.39, 0.29) is 17.7 Å². The van der Waals surface area contributed by atoms with Gasteiger partial charge < -0.3 is 14.5 Å². The molecule has 2 aromatic heterocycles. The summed E-state index contributed by atoms with van der Waals surface area (Å²) < 4.78 is 11.9. The molecule has 0 radical (unpaired) electrons. The van der Waals surface area contributed by atoms with Crippen LogP contribution in [-0.4, -0.2) is 34.6 Å². The van der Waals surface area contributed by atoms with Crippen molar-refractivity contribution in [1.82, 2.24) is 20.3 Å². The van der Waals surface area contributed by atoms with Crippen molar-refractivity contribution in [2.75, 3.05) is 13.7 Å². The molecule has 0 aromatic carbocycles. The molecule has 0 unspecified atom stereocenters. The van der Waals surface area contributed by atoms with E-state index in [4.69, 9.17) is 9.15 Å². The molecule has 1 atom stereocenters. The maximum absolute atomic E-state index is 11.7. The molecule has 2 aromatic rings. The quantitative estimate of drug-likeness (QED) is 0.836. The lowest BCUT2D eigenvalue weighted by Crippen LogP contribution is -2.29. The Morgan fingerprint density at radius 2 is 2.50 bits per heavy atom. The molecule has 1 amide bonds. The number of nitrogens with zero attached hydrogens (tertiary/aromatic N) is 3. The van der Waals surface area contributed by atoms with E-state index in [1.54, 1.807) is 38.8 Å². The van der Waals surface area contributed by atoms with Crippen molar-refractivity contribution in [3.8, 4) is 0 Å². The number of rotatable bonds is 5. The zero-order chi connectivity index (χ0) is 13.0. The van der Waals surface area contributed by atoms with Gasteiger partial charge in [-0.15, -0.1) is 5.10 Å². The lowest BCUT2D eigenvalue weighted by atomic mass is 10.2. The average Bonchev–Trinajstić information content (AvgIpc) is 3.01. The zero-order valence-corrected chi connectivity index (χ0v) is 10.2. The van der Waals surface area contributed by atoms with Crippen molar-refractivity contribution >= 4 is 5.91 Å². The highest BCUT2D eigenvalue weighted by molar-refractivity contribution is 5.91. The fourth-order valence-electron chi connectivity index (χ4n) is 1.50. The van der Waals surface area contributed by atoms with Gasteiger partial charge in [-0.2, -0.15) is 0 Å². The number of ether oxygens (including phenoxy) is 1. The van der Waals surface area contributed by atoms with Crippen LogP contribution in [0.25, 0.3) is 0 Å². The second kappa shape index (κ2) is 5.46. The molecule has 7 heteroatoms. The number of amides is 1. The number of furan rings is 1. The Kier molecular flexibility index (Phi) is 3.73. The number of carbonyl (C=O) groups excluding carboxylic acids is 1. The van der Waals surface area contributed by atoms with Crippen molar-refractivity contribution in [3.05, 3.63) is 36.0 Å². The summed E-state index contributed by atoms with van der Waals surface area (Å²) in [6.45, 7) is 0.305. The molecule has 1 N–H and O–H groups in total. The Hall–Kier alpha value is -2.15. The third-order valence-electron chi connectivity index (χ3n) is 2.43. The van der Waals surface area contributed by atoms with Crippen molar-refractivity contribution in [2.24, 2.45) is 7.05 Å². The molecule has 96 valence electrons. The van der Waals surface area contributed by atoms with E-state index in [1.165, 1.54) is 4.68 Å². The maximum atomic E-state index is 11.7. The SMILES string of the molecule is CO[C@H](CNC(=O)c1cn(C)nn1)c1ccco1. The first kappa shape index (κ1) is 12.3. The molecule has 0 aliphatic heterocycles. The van der Waals surface area contributed by atoms with Gasteiger partial charge >= 0.3 is 0 Å². The fraction of sp³-hybridized carbons (Fsp3) is 0.364. The van der Waals surface area contributed by atoms with Crippen molar-refractivity contribution < 1.29 is 13.9 Å². The third kappa shape index (κ3) is 2.75. The normalized spacial score (nSPS) is 12.3. The topological polar surface area (TPSA) is 82.2 Å². The van der Waals surface area contributed by atoms with Crippen LogP contribution in [0.2, 0.25) is 0 Å². The van der Waals surface area contributed by atoms with E-state index in [1.807, 2.05) is 0 Å². The van der Waals surface area contributed by atoms with Crippen LogP contribution in [0.4, 0.5) is 0 Å². The van der Waals surface area contributed by atoms with Crippen molar-refractivity contribution in [2.45, 2.75) is 6.10 Å². The van der Waals surface area contributed by atoms with E-state index >= 15 is 0 Å². The van der Waals surface area contributed by atoms with E-state index < -0.39 is 0 Å². The van der Waals surface area contributed by atoms with Crippen LogP contribution in [0, 0.1) is 0 Å². The van der Waals surface area contributed by atoms with Gasteiger partial charge in [0.05, 0.1) is 19.0 Å². The zero-order valence-electron chi connectivity index (χ0n) is 10.2. The van der Waals surface area contributed by atoms with Crippen LogP contribution in [0.5, 0.6) is 0 Å². The van der Waals surface area contributed by atoms with E-state index in [0.717, 1.165) is 0 Å². The summed E-state index contributed by atoms with van der Waals surface area (Å²) in [6.07, 6.45) is 2.79.